The number of aromatic carboxylic acids is 1. The Morgan fingerprint density at radius 2 is 1.81 bits per heavy atom. The van der Waals surface area contributed by atoms with Gasteiger partial charge in [-0.3, -0.25) is 14.4 Å². The molecule has 3 amide bonds. The van der Waals surface area contributed by atoms with Gasteiger partial charge in [0.2, 0.25) is 11.8 Å². The molecule has 0 aromatic heterocycles. The second kappa shape index (κ2) is 7.50. The van der Waals surface area contributed by atoms with E-state index >= 15 is 0 Å². The summed E-state index contributed by atoms with van der Waals surface area (Å²) in [5.41, 5.74) is 0.244. The van der Waals surface area contributed by atoms with Crippen LogP contribution in [0.15, 0.2) is 48.5 Å². The molecule has 0 saturated carbocycles. The molecular weight excluding hydrogens is 372 g/mol. The maximum atomic E-state index is 12.5. The molecule has 0 radical (unpaired) electrons. The number of nitrogens with one attached hydrogen (secondary N) is 1. The second-order valence-corrected chi connectivity index (χ2v) is 6.82. The van der Waals surface area contributed by atoms with E-state index in [0.717, 1.165) is 28.8 Å². The SMILES string of the molecule is O=C(CC1SC(=O)N(c2ccccc2)C1=O)Nc1ccc(O)c(C(=O)O)c1. The lowest BCUT2D eigenvalue weighted by atomic mass is 10.1. The van der Waals surface area contributed by atoms with Crippen LogP contribution in [-0.2, 0) is 9.59 Å². The van der Waals surface area contributed by atoms with Gasteiger partial charge in [0.25, 0.3) is 5.24 Å². The Morgan fingerprint density at radius 3 is 2.48 bits per heavy atom. The highest BCUT2D eigenvalue weighted by atomic mass is 32.2. The highest BCUT2D eigenvalue weighted by Gasteiger charge is 2.41. The van der Waals surface area contributed by atoms with Crippen LogP contribution in [-0.4, -0.2) is 38.5 Å². The summed E-state index contributed by atoms with van der Waals surface area (Å²) in [5.74, 6) is -2.80. The Bertz CT molecular complexity index is 931. The van der Waals surface area contributed by atoms with Crippen LogP contribution in [0.25, 0.3) is 0 Å². The maximum absolute atomic E-state index is 12.5. The largest absolute Gasteiger partial charge is 0.507 e. The minimum atomic E-state index is -1.34. The molecule has 2 aromatic carbocycles. The number of amides is 3. The molecule has 0 spiro atoms. The number of benzene rings is 2. The highest BCUT2D eigenvalue weighted by Crippen LogP contribution is 2.33. The molecule has 1 heterocycles. The molecule has 0 bridgehead atoms. The monoisotopic (exact) mass is 386 g/mol. The molecule has 3 N–H and O–H groups in total. The van der Waals surface area contributed by atoms with Crippen molar-refractivity contribution in [1.82, 2.24) is 0 Å². The Balaban J connectivity index is 1.68. The molecule has 1 aliphatic heterocycles. The van der Waals surface area contributed by atoms with Crippen LogP contribution in [0.5, 0.6) is 5.75 Å². The Kier molecular flexibility index (Phi) is 5.13. The number of hydrogen-bond acceptors (Lipinski definition) is 6. The van der Waals surface area contributed by atoms with Gasteiger partial charge in [0.15, 0.2) is 0 Å². The fourth-order valence-electron chi connectivity index (χ4n) is 2.56. The van der Waals surface area contributed by atoms with Crippen LogP contribution in [0.3, 0.4) is 0 Å². The molecule has 1 unspecified atom stereocenters. The van der Waals surface area contributed by atoms with Crippen molar-refractivity contribution in [3.05, 3.63) is 54.1 Å². The van der Waals surface area contributed by atoms with Crippen LogP contribution < -0.4 is 10.2 Å². The summed E-state index contributed by atoms with van der Waals surface area (Å²) in [6.45, 7) is 0. The quantitative estimate of drug-likeness (QED) is 0.675. The molecule has 1 saturated heterocycles. The number of carboxylic acid groups (broad SMARTS) is 1. The van der Waals surface area contributed by atoms with E-state index in [1.807, 2.05) is 0 Å². The number of para-hydroxylation sites is 1. The molecule has 0 aliphatic carbocycles. The van der Waals surface area contributed by atoms with Gasteiger partial charge in [0.05, 0.1) is 5.69 Å². The van der Waals surface area contributed by atoms with E-state index in [4.69, 9.17) is 5.11 Å². The highest BCUT2D eigenvalue weighted by molar-refractivity contribution is 8.15. The topological polar surface area (TPSA) is 124 Å². The summed E-state index contributed by atoms with van der Waals surface area (Å²) in [4.78, 5) is 48.9. The number of thioether (sulfide) groups is 1. The summed E-state index contributed by atoms with van der Waals surface area (Å²) in [7, 11) is 0. The van der Waals surface area contributed by atoms with Crippen LogP contribution in [0.1, 0.15) is 16.8 Å². The molecule has 138 valence electrons. The molecule has 1 atom stereocenters. The van der Waals surface area contributed by atoms with E-state index in [-0.39, 0.29) is 17.7 Å². The number of rotatable bonds is 5. The first-order chi connectivity index (χ1) is 12.9. The zero-order chi connectivity index (χ0) is 19.6. The third-order valence-electron chi connectivity index (χ3n) is 3.82. The van der Waals surface area contributed by atoms with E-state index in [0.29, 0.717) is 5.69 Å². The van der Waals surface area contributed by atoms with Gasteiger partial charge in [0.1, 0.15) is 16.6 Å². The summed E-state index contributed by atoms with van der Waals surface area (Å²) >= 11 is 0.768. The fraction of sp³-hybridized carbons (Fsp3) is 0.111. The van der Waals surface area contributed by atoms with Gasteiger partial charge >= 0.3 is 5.97 Å². The number of hydrogen-bond donors (Lipinski definition) is 3. The number of nitrogens with zero attached hydrogens (tertiary/aromatic N) is 1. The predicted octanol–water partition coefficient (Wildman–Crippen LogP) is 2.69. The van der Waals surface area contributed by atoms with Crippen molar-refractivity contribution in [3.8, 4) is 5.75 Å². The number of carbonyl (C=O) groups is 4. The van der Waals surface area contributed by atoms with E-state index < -0.39 is 34.0 Å². The second-order valence-electron chi connectivity index (χ2n) is 5.67. The molecule has 9 heteroatoms. The van der Waals surface area contributed by atoms with Crippen molar-refractivity contribution in [2.75, 3.05) is 10.2 Å². The lowest BCUT2D eigenvalue weighted by Crippen LogP contribution is -2.32. The lowest BCUT2D eigenvalue weighted by molar-refractivity contribution is -0.121. The Labute approximate surface area is 157 Å². The van der Waals surface area contributed by atoms with Gasteiger partial charge in [-0.15, -0.1) is 0 Å². The smallest absolute Gasteiger partial charge is 0.339 e. The summed E-state index contributed by atoms with van der Waals surface area (Å²) in [5, 5.41) is 19.6. The zero-order valence-electron chi connectivity index (χ0n) is 13.8. The molecule has 8 nitrogen and oxygen atoms in total. The minimum absolute atomic E-state index is 0.164. The van der Waals surface area contributed by atoms with Gasteiger partial charge in [-0.25, -0.2) is 9.69 Å². The number of imide groups is 1. The summed E-state index contributed by atoms with van der Waals surface area (Å²) in [6, 6.07) is 12.0. The van der Waals surface area contributed by atoms with Gasteiger partial charge in [-0.05, 0) is 42.1 Å². The number of carbonyl (C=O) groups excluding carboxylic acids is 3. The minimum Gasteiger partial charge on any atom is -0.507 e. The molecule has 3 rings (SSSR count). The molecule has 2 aromatic rings. The number of aromatic hydroxyl groups is 1. The van der Waals surface area contributed by atoms with E-state index in [9.17, 15) is 24.3 Å². The van der Waals surface area contributed by atoms with Crippen LogP contribution in [0.2, 0.25) is 0 Å². The first-order valence-corrected chi connectivity index (χ1v) is 8.70. The average Bonchev–Trinajstić information content (AvgIpc) is 2.90. The zero-order valence-corrected chi connectivity index (χ0v) is 14.6. The van der Waals surface area contributed by atoms with Crippen LogP contribution >= 0.6 is 11.8 Å². The average molecular weight is 386 g/mol. The van der Waals surface area contributed by atoms with Gasteiger partial charge in [0, 0.05) is 12.1 Å². The van der Waals surface area contributed by atoms with Crippen molar-refractivity contribution in [1.29, 1.82) is 0 Å². The van der Waals surface area contributed by atoms with Gasteiger partial charge < -0.3 is 15.5 Å². The fourth-order valence-corrected chi connectivity index (χ4v) is 3.55. The molecule has 1 aliphatic rings. The van der Waals surface area contributed by atoms with Crippen LogP contribution in [0, 0.1) is 0 Å². The van der Waals surface area contributed by atoms with E-state index in [1.54, 1.807) is 30.3 Å². The van der Waals surface area contributed by atoms with Crippen molar-refractivity contribution in [2.45, 2.75) is 11.7 Å². The van der Waals surface area contributed by atoms with Gasteiger partial charge in [-0.1, -0.05) is 18.2 Å². The Morgan fingerprint density at radius 1 is 1.11 bits per heavy atom. The van der Waals surface area contributed by atoms with Crippen molar-refractivity contribution >= 4 is 46.2 Å². The first-order valence-electron chi connectivity index (χ1n) is 7.82. The summed E-state index contributed by atoms with van der Waals surface area (Å²) in [6.07, 6.45) is -0.248. The van der Waals surface area contributed by atoms with E-state index in [2.05, 4.69) is 5.32 Å². The predicted molar refractivity (Wildman–Crippen MR) is 99.0 cm³/mol. The normalized spacial score (nSPS) is 16.4. The molecule has 1 fully saturated rings. The maximum Gasteiger partial charge on any atom is 0.339 e. The van der Waals surface area contributed by atoms with Crippen molar-refractivity contribution in [2.24, 2.45) is 0 Å². The summed E-state index contributed by atoms with van der Waals surface area (Å²) < 4.78 is 0. The number of carboxylic acids is 1. The van der Waals surface area contributed by atoms with Crippen molar-refractivity contribution < 1.29 is 29.4 Å². The van der Waals surface area contributed by atoms with Gasteiger partial charge in [-0.2, -0.15) is 0 Å². The third kappa shape index (κ3) is 3.93. The first kappa shape index (κ1) is 18.5. The molecular formula is C18H14N2O6S. The number of anilines is 2. The lowest BCUT2D eigenvalue weighted by Gasteiger charge is -2.13. The molecule has 27 heavy (non-hydrogen) atoms. The van der Waals surface area contributed by atoms with Crippen LogP contribution in [0.4, 0.5) is 16.2 Å². The Hall–Kier alpha value is -3.33. The van der Waals surface area contributed by atoms with Crippen molar-refractivity contribution in [3.63, 3.8) is 0 Å². The standard InChI is InChI=1S/C18H14N2O6S/c21-13-7-6-10(8-12(13)17(24)25)19-15(22)9-14-16(23)20(18(26)27-14)11-4-2-1-3-5-11/h1-8,14,21H,9H2,(H,19,22)(H,24,25). The number of phenols is 1. The van der Waals surface area contributed by atoms with E-state index in [1.165, 1.54) is 6.07 Å². The third-order valence-corrected chi connectivity index (χ3v) is 4.85.